The number of hydrogen-bond donors (Lipinski definition) is 2. The van der Waals surface area contributed by atoms with Gasteiger partial charge in [-0.15, -0.1) is 0 Å². The molecule has 0 fully saturated rings. The second kappa shape index (κ2) is 4.21. The highest BCUT2D eigenvalue weighted by Crippen LogP contribution is 2.19. The largest absolute Gasteiger partial charge is 0.493 e. The van der Waals surface area contributed by atoms with Gasteiger partial charge in [-0.3, -0.25) is 4.79 Å². The zero-order valence-electron chi connectivity index (χ0n) is 7.40. The van der Waals surface area contributed by atoms with Gasteiger partial charge in [0.1, 0.15) is 0 Å². The van der Waals surface area contributed by atoms with E-state index >= 15 is 0 Å². The lowest BCUT2D eigenvalue weighted by Gasteiger charge is -2.08. The Morgan fingerprint density at radius 3 is 2.57 bits per heavy atom. The number of aldehydes is 1. The predicted octanol–water partition coefficient (Wildman–Crippen LogP) is -0.673. The summed E-state index contributed by atoms with van der Waals surface area (Å²) >= 11 is 0. The molecule has 0 amide bonds. The first-order chi connectivity index (χ1) is 6.61. The molecule has 0 radical (unpaired) electrons. The van der Waals surface area contributed by atoms with Gasteiger partial charge in [0.15, 0.2) is 17.9 Å². The van der Waals surface area contributed by atoms with Crippen LogP contribution in [0.5, 0.6) is 5.75 Å². The molecule has 0 heterocycles. The molecule has 0 aliphatic carbocycles. The van der Waals surface area contributed by atoms with E-state index in [-0.39, 0.29) is 16.8 Å². The molecule has 4 nitrogen and oxygen atoms in total. The van der Waals surface area contributed by atoms with Crippen LogP contribution in [0.4, 0.5) is 4.39 Å². The lowest BCUT2D eigenvalue weighted by atomic mass is 9.79. The summed E-state index contributed by atoms with van der Waals surface area (Å²) < 4.78 is 18.0. The van der Waals surface area contributed by atoms with Gasteiger partial charge in [0.2, 0.25) is 0 Å². The first-order valence-corrected chi connectivity index (χ1v) is 3.79. The van der Waals surface area contributed by atoms with Crippen LogP contribution in [0.15, 0.2) is 12.1 Å². The fourth-order valence-corrected chi connectivity index (χ4v) is 1.09. The normalized spacial score (nSPS) is 9.71. The minimum absolute atomic E-state index is 0.0226. The molecule has 0 aromatic heterocycles. The van der Waals surface area contributed by atoms with Crippen molar-refractivity contribution in [2.45, 2.75) is 0 Å². The minimum Gasteiger partial charge on any atom is -0.493 e. The summed E-state index contributed by atoms with van der Waals surface area (Å²) in [6.07, 6.45) is 0.426. The lowest BCUT2D eigenvalue weighted by Crippen LogP contribution is -2.33. The van der Waals surface area contributed by atoms with Crippen LogP contribution in [-0.2, 0) is 0 Å². The average molecular weight is 198 g/mol. The molecule has 74 valence electrons. The maximum absolute atomic E-state index is 13.4. The molecule has 1 aromatic rings. The standard InChI is InChI=1S/C8H8BFO4/c1-14-8-5(4-11)2-3-6(7(8)10)9(12)13/h2-4,12-13H,1H3. The third kappa shape index (κ3) is 1.76. The van der Waals surface area contributed by atoms with Crippen molar-refractivity contribution >= 4 is 18.9 Å². The van der Waals surface area contributed by atoms with Crippen LogP contribution in [0.1, 0.15) is 10.4 Å². The summed E-state index contributed by atoms with van der Waals surface area (Å²) in [5.41, 5.74) is -0.304. The van der Waals surface area contributed by atoms with E-state index in [1.165, 1.54) is 13.2 Å². The molecule has 0 bridgehead atoms. The molecule has 2 N–H and O–H groups in total. The molecule has 0 atom stereocenters. The monoisotopic (exact) mass is 198 g/mol. The summed E-state index contributed by atoms with van der Waals surface area (Å²) in [7, 11) is -0.733. The maximum atomic E-state index is 13.4. The van der Waals surface area contributed by atoms with Gasteiger partial charge in [0, 0.05) is 5.46 Å². The Morgan fingerprint density at radius 2 is 2.14 bits per heavy atom. The first kappa shape index (κ1) is 10.7. The SMILES string of the molecule is COc1c(C=O)ccc(B(O)O)c1F. The van der Waals surface area contributed by atoms with Crippen molar-refractivity contribution in [2.24, 2.45) is 0 Å². The summed E-state index contributed by atoms with van der Waals surface area (Å²) in [5, 5.41) is 17.5. The molecule has 0 aliphatic heterocycles. The number of carbonyl (C=O) groups is 1. The first-order valence-electron chi connectivity index (χ1n) is 3.79. The Bertz CT molecular complexity index is 353. The van der Waals surface area contributed by atoms with Gasteiger partial charge in [-0.05, 0) is 6.07 Å². The zero-order chi connectivity index (χ0) is 10.7. The van der Waals surface area contributed by atoms with Gasteiger partial charge in [0.25, 0.3) is 0 Å². The molecular formula is C8H8BFO4. The smallest absolute Gasteiger partial charge is 0.491 e. The Balaban J connectivity index is 3.34. The predicted molar refractivity (Wildman–Crippen MR) is 48.2 cm³/mol. The second-order valence-corrected chi connectivity index (χ2v) is 2.58. The van der Waals surface area contributed by atoms with E-state index in [4.69, 9.17) is 10.0 Å². The molecule has 0 unspecified atom stereocenters. The number of benzene rings is 1. The molecule has 0 saturated carbocycles. The summed E-state index contributed by atoms with van der Waals surface area (Å²) in [4.78, 5) is 10.4. The van der Waals surface area contributed by atoms with Crippen molar-refractivity contribution in [1.82, 2.24) is 0 Å². The highest BCUT2D eigenvalue weighted by molar-refractivity contribution is 6.58. The van der Waals surface area contributed by atoms with Gasteiger partial charge in [-0.1, -0.05) is 6.07 Å². The summed E-state index contributed by atoms with van der Waals surface area (Å²) in [5.74, 6) is -1.22. The van der Waals surface area contributed by atoms with Crippen molar-refractivity contribution in [3.8, 4) is 5.75 Å². The molecule has 14 heavy (non-hydrogen) atoms. The van der Waals surface area contributed by atoms with Gasteiger partial charge in [0.05, 0.1) is 12.7 Å². The Labute approximate surface area is 80.1 Å². The van der Waals surface area contributed by atoms with Crippen LogP contribution >= 0.6 is 0 Å². The molecule has 1 aromatic carbocycles. The van der Waals surface area contributed by atoms with Crippen molar-refractivity contribution in [2.75, 3.05) is 7.11 Å². The van der Waals surface area contributed by atoms with Crippen molar-refractivity contribution in [1.29, 1.82) is 0 Å². The van der Waals surface area contributed by atoms with Gasteiger partial charge in [-0.25, -0.2) is 4.39 Å². The molecule has 0 aliphatic rings. The summed E-state index contributed by atoms with van der Waals surface area (Å²) in [6, 6.07) is 2.37. The van der Waals surface area contributed by atoms with Crippen LogP contribution in [0.2, 0.25) is 0 Å². The van der Waals surface area contributed by atoms with Crippen LogP contribution < -0.4 is 10.2 Å². The van der Waals surface area contributed by atoms with Crippen molar-refractivity contribution in [3.63, 3.8) is 0 Å². The quantitative estimate of drug-likeness (QED) is 0.499. The fraction of sp³-hybridized carbons (Fsp3) is 0.125. The van der Waals surface area contributed by atoms with Gasteiger partial charge in [-0.2, -0.15) is 0 Å². The van der Waals surface area contributed by atoms with Crippen LogP contribution in [0.3, 0.4) is 0 Å². The van der Waals surface area contributed by atoms with E-state index in [1.807, 2.05) is 0 Å². The number of carbonyl (C=O) groups excluding carboxylic acids is 1. The number of methoxy groups -OCH3 is 1. The average Bonchev–Trinajstić information content (AvgIpc) is 2.16. The molecule has 0 spiro atoms. The van der Waals surface area contributed by atoms with E-state index in [0.29, 0.717) is 6.29 Å². The summed E-state index contributed by atoms with van der Waals surface area (Å²) in [6.45, 7) is 0. The Kier molecular flexibility index (Phi) is 3.21. The molecule has 6 heteroatoms. The fourth-order valence-electron chi connectivity index (χ4n) is 1.09. The molecular weight excluding hydrogens is 190 g/mol. The van der Waals surface area contributed by atoms with E-state index in [9.17, 15) is 9.18 Å². The molecule has 1 rings (SSSR count). The zero-order valence-corrected chi connectivity index (χ0v) is 7.40. The highest BCUT2D eigenvalue weighted by atomic mass is 19.1. The third-order valence-corrected chi connectivity index (χ3v) is 1.77. The highest BCUT2D eigenvalue weighted by Gasteiger charge is 2.21. The van der Waals surface area contributed by atoms with Crippen LogP contribution in [-0.4, -0.2) is 30.6 Å². The number of rotatable bonds is 3. The number of ether oxygens (including phenoxy) is 1. The Morgan fingerprint density at radius 1 is 1.50 bits per heavy atom. The maximum Gasteiger partial charge on any atom is 0.491 e. The topological polar surface area (TPSA) is 66.8 Å². The van der Waals surface area contributed by atoms with Gasteiger partial charge >= 0.3 is 7.12 Å². The van der Waals surface area contributed by atoms with Crippen LogP contribution in [0.25, 0.3) is 0 Å². The van der Waals surface area contributed by atoms with E-state index in [1.54, 1.807) is 0 Å². The third-order valence-electron chi connectivity index (χ3n) is 1.77. The number of halogens is 1. The van der Waals surface area contributed by atoms with E-state index in [2.05, 4.69) is 4.74 Å². The van der Waals surface area contributed by atoms with Crippen molar-refractivity contribution < 1.29 is 24.0 Å². The lowest BCUT2D eigenvalue weighted by molar-refractivity contribution is 0.111. The minimum atomic E-state index is -1.93. The van der Waals surface area contributed by atoms with E-state index in [0.717, 1.165) is 6.07 Å². The molecule has 0 saturated heterocycles. The Hall–Kier alpha value is -1.40. The number of hydrogen-bond acceptors (Lipinski definition) is 4. The van der Waals surface area contributed by atoms with Gasteiger partial charge < -0.3 is 14.8 Å². The second-order valence-electron chi connectivity index (χ2n) is 2.58. The van der Waals surface area contributed by atoms with Crippen LogP contribution in [0, 0.1) is 5.82 Å². The van der Waals surface area contributed by atoms with Crippen molar-refractivity contribution in [3.05, 3.63) is 23.5 Å². The van der Waals surface area contributed by atoms with E-state index < -0.39 is 12.9 Å².